The maximum atomic E-state index is 11.8. The van der Waals surface area contributed by atoms with Crippen LogP contribution in [-0.4, -0.2) is 26.7 Å². The van der Waals surface area contributed by atoms with Gasteiger partial charge in [-0.25, -0.2) is 13.2 Å². The zero-order valence-electron chi connectivity index (χ0n) is 10.2. The Morgan fingerprint density at radius 2 is 2.00 bits per heavy atom. The van der Waals surface area contributed by atoms with Crippen LogP contribution in [0.2, 0.25) is 0 Å². The maximum absolute atomic E-state index is 11.8. The molecular weight excluding hydrogens is 322 g/mol. The van der Waals surface area contributed by atoms with E-state index < -0.39 is 21.2 Å². The highest BCUT2D eigenvalue weighted by atomic mass is 79.9. The molecule has 1 aromatic rings. The number of esters is 1. The monoisotopic (exact) mass is 335 g/mol. The van der Waals surface area contributed by atoms with Crippen LogP contribution in [0.1, 0.15) is 24.2 Å². The molecule has 0 saturated heterocycles. The molecule has 0 fully saturated rings. The topological polar surface area (TPSA) is 72.5 Å². The van der Waals surface area contributed by atoms with Crippen LogP contribution in [0.4, 0.5) is 5.69 Å². The van der Waals surface area contributed by atoms with Crippen LogP contribution in [0.25, 0.3) is 0 Å². The molecule has 100 valence electrons. The fourth-order valence-electron chi connectivity index (χ4n) is 1.12. The van der Waals surface area contributed by atoms with E-state index in [-0.39, 0.29) is 5.56 Å². The van der Waals surface area contributed by atoms with Crippen molar-refractivity contribution in [1.29, 1.82) is 0 Å². The molecule has 7 heteroatoms. The highest BCUT2D eigenvalue weighted by Crippen LogP contribution is 2.25. The molecule has 0 amide bonds. The van der Waals surface area contributed by atoms with Gasteiger partial charge in [0.2, 0.25) is 10.0 Å². The smallest absolute Gasteiger partial charge is 0.337 e. The van der Waals surface area contributed by atoms with E-state index >= 15 is 0 Å². The van der Waals surface area contributed by atoms with Crippen LogP contribution in [0.3, 0.4) is 0 Å². The van der Waals surface area contributed by atoms with E-state index in [0.29, 0.717) is 10.2 Å². The molecule has 5 nitrogen and oxygen atoms in total. The lowest BCUT2D eigenvalue weighted by Gasteiger charge is -2.13. The van der Waals surface area contributed by atoms with Crippen molar-refractivity contribution < 1.29 is 17.9 Å². The fourth-order valence-corrected chi connectivity index (χ4v) is 2.31. The van der Waals surface area contributed by atoms with Gasteiger partial charge >= 0.3 is 5.97 Å². The number of hydrogen-bond acceptors (Lipinski definition) is 4. The lowest BCUT2D eigenvalue weighted by molar-refractivity contribution is 0.0601. The number of rotatable bonds is 4. The van der Waals surface area contributed by atoms with Gasteiger partial charge in [-0.3, -0.25) is 4.72 Å². The number of nitrogens with one attached hydrogen (secondary N) is 1. The Balaban J connectivity index is 3.13. The molecule has 0 bridgehead atoms. The molecule has 0 saturated carbocycles. The maximum Gasteiger partial charge on any atom is 0.337 e. The first-order valence-corrected chi connectivity index (χ1v) is 7.51. The summed E-state index contributed by atoms with van der Waals surface area (Å²) in [6, 6.07) is 4.56. The molecule has 0 radical (unpaired) electrons. The summed E-state index contributed by atoms with van der Waals surface area (Å²) in [6.45, 7) is 3.14. The molecule has 18 heavy (non-hydrogen) atoms. The van der Waals surface area contributed by atoms with E-state index in [9.17, 15) is 13.2 Å². The van der Waals surface area contributed by atoms with Crippen LogP contribution >= 0.6 is 15.9 Å². The fraction of sp³-hybridized carbons (Fsp3) is 0.364. The van der Waals surface area contributed by atoms with Gasteiger partial charge in [0.1, 0.15) is 0 Å². The first kappa shape index (κ1) is 15.0. The molecule has 0 aliphatic heterocycles. The zero-order valence-corrected chi connectivity index (χ0v) is 12.6. The number of benzene rings is 1. The standard InChI is InChI=1S/C11H14BrNO4S/c1-7(2)18(15,16)13-10-6-8(11(14)17-3)4-5-9(10)12/h4-7,13H,1-3H3. The second kappa shape index (κ2) is 5.71. The Bertz CT molecular complexity index is 554. The molecule has 1 rings (SSSR count). The van der Waals surface area contributed by atoms with E-state index in [0.717, 1.165) is 0 Å². The lowest BCUT2D eigenvalue weighted by atomic mass is 10.2. The van der Waals surface area contributed by atoms with E-state index in [4.69, 9.17) is 0 Å². The molecule has 0 unspecified atom stereocenters. The van der Waals surface area contributed by atoms with Crippen LogP contribution in [0.5, 0.6) is 0 Å². The molecule has 0 aliphatic carbocycles. The normalized spacial score (nSPS) is 11.4. The van der Waals surface area contributed by atoms with Gasteiger partial charge in [-0.05, 0) is 48.0 Å². The summed E-state index contributed by atoms with van der Waals surface area (Å²) >= 11 is 3.22. The van der Waals surface area contributed by atoms with Crippen molar-refractivity contribution in [3.63, 3.8) is 0 Å². The summed E-state index contributed by atoms with van der Waals surface area (Å²) in [6.07, 6.45) is 0. The molecule has 0 heterocycles. The van der Waals surface area contributed by atoms with Crippen molar-refractivity contribution in [3.8, 4) is 0 Å². The second-order valence-corrected chi connectivity index (χ2v) is 6.97. The third kappa shape index (κ3) is 3.46. The SMILES string of the molecule is COC(=O)c1ccc(Br)c(NS(=O)(=O)C(C)C)c1. The van der Waals surface area contributed by atoms with Gasteiger partial charge in [-0.2, -0.15) is 0 Å². The van der Waals surface area contributed by atoms with E-state index in [1.165, 1.54) is 13.2 Å². The number of ether oxygens (including phenoxy) is 1. The molecule has 0 aliphatic rings. The number of carbonyl (C=O) groups is 1. The molecule has 0 atom stereocenters. The highest BCUT2D eigenvalue weighted by molar-refractivity contribution is 9.10. The number of carbonyl (C=O) groups excluding carboxylic acids is 1. The van der Waals surface area contributed by atoms with Crippen molar-refractivity contribution in [2.24, 2.45) is 0 Å². The van der Waals surface area contributed by atoms with Crippen LogP contribution in [-0.2, 0) is 14.8 Å². The van der Waals surface area contributed by atoms with E-state index in [2.05, 4.69) is 25.4 Å². The second-order valence-electron chi connectivity index (χ2n) is 3.88. The minimum absolute atomic E-state index is 0.280. The average Bonchev–Trinajstić information content (AvgIpc) is 2.30. The van der Waals surface area contributed by atoms with Crippen molar-refractivity contribution in [2.75, 3.05) is 11.8 Å². The van der Waals surface area contributed by atoms with Crippen LogP contribution < -0.4 is 4.72 Å². The van der Waals surface area contributed by atoms with Crippen LogP contribution in [0.15, 0.2) is 22.7 Å². The highest BCUT2D eigenvalue weighted by Gasteiger charge is 2.18. The predicted molar refractivity (Wildman–Crippen MR) is 73.2 cm³/mol. The summed E-state index contributed by atoms with van der Waals surface area (Å²) in [5, 5.41) is -0.564. The summed E-state index contributed by atoms with van der Waals surface area (Å²) in [4.78, 5) is 11.4. The molecular formula is C11H14BrNO4S. The molecule has 1 aromatic carbocycles. The Labute approximate surface area is 115 Å². The predicted octanol–water partition coefficient (Wildman–Crippen LogP) is 2.39. The Morgan fingerprint density at radius 1 is 1.39 bits per heavy atom. The molecule has 0 spiro atoms. The van der Waals surface area contributed by atoms with Gasteiger partial charge in [-0.1, -0.05) is 0 Å². The van der Waals surface area contributed by atoms with E-state index in [1.54, 1.807) is 26.0 Å². The largest absolute Gasteiger partial charge is 0.465 e. The number of hydrogen-bond donors (Lipinski definition) is 1. The summed E-state index contributed by atoms with van der Waals surface area (Å²) in [5.74, 6) is -0.521. The number of sulfonamides is 1. The minimum Gasteiger partial charge on any atom is -0.465 e. The zero-order chi connectivity index (χ0) is 13.9. The average molecular weight is 336 g/mol. The Kier molecular flexibility index (Phi) is 4.75. The van der Waals surface area contributed by atoms with Gasteiger partial charge in [0.05, 0.1) is 23.6 Å². The van der Waals surface area contributed by atoms with Crippen LogP contribution in [0, 0.1) is 0 Å². The Hall–Kier alpha value is -1.08. The summed E-state index contributed by atoms with van der Waals surface area (Å²) in [5.41, 5.74) is 0.591. The van der Waals surface area contributed by atoms with Crippen molar-refractivity contribution in [3.05, 3.63) is 28.2 Å². The van der Waals surface area contributed by atoms with Crippen molar-refractivity contribution >= 4 is 37.6 Å². The summed E-state index contributed by atoms with van der Waals surface area (Å²) in [7, 11) is -2.19. The summed E-state index contributed by atoms with van der Waals surface area (Å²) < 4.78 is 31.1. The number of anilines is 1. The van der Waals surface area contributed by atoms with E-state index in [1.807, 2.05) is 0 Å². The molecule has 0 aromatic heterocycles. The number of halogens is 1. The first-order chi connectivity index (χ1) is 8.27. The van der Waals surface area contributed by atoms with Crippen molar-refractivity contribution in [2.45, 2.75) is 19.1 Å². The van der Waals surface area contributed by atoms with Gasteiger partial charge in [0.15, 0.2) is 0 Å². The minimum atomic E-state index is -3.46. The lowest BCUT2D eigenvalue weighted by Crippen LogP contribution is -2.22. The van der Waals surface area contributed by atoms with Gasteiger partial charge in [0, 0.05) is 4.47 Å². The molecule has 1 N–H and O–H groups in total. The third-order valence-electron chi connectivity index (χ3n) is 2.26. The Morgan fingerprint density at radius 3 is 2.50 bits per heavy atom. The van der Waals surface area contributed by atoms with Gasteiger partial charge in [-0.15, -0.1) is 0 Å². The van der Waals surface area contributed by atoms with Gasteiger partial charge < -0.3 is 4.74 Å². The number of methoxy groups -OCH3 is 1. The van der Waals surface area contributed by atoms with Gasteiger partial charge in [0.25, 0.3) is 0 Å². The third-order valence-corrected chi connectivity index (χ3v) is 4.70. The van der Waals surface area contributed by atoms with Crippen molar-refractivity contribution in [1.82, 2.24) is 0 Å². The first-order valence-electron chi connectivity index (χ1n) is 5.17. The quantitative estimate of drug-likeness (QED) is 0.857.